The first kappa shape index (κ1) is 9.09. The Labute approximate surface area is 86.5 Å². The molecule has 3 nitrogen and oxygen atoms in total. The van der Waals surface area contributed by atoms with E-state index in [2.05, 4.69) is 5.16 Å². The van der Waals surface area contributed by atoms with Gasteiger partial charge in [-0.25, -0.2) is 0 Å². The lowest BCUT2D eigenvalue weighted by Gasteiger charge is -1.96. The van der Waals surface area contributed by atoms with Crippen LogP contribution in [0.3, 0.4) is 0 Å². The van der Waals surface area contributed by atoms with Gasteiger partial charge in [-0.3, -0.25) is 0 Å². The number of nitrogens with two attached hydrogens (primary N) is 1. The third-order valence-electron chi connectivity index (χ3n) is 1.94. The zero-order chi connectivity index (χ0) is 9.97. The monoisotopic (exact) mass is 208 g/mol. The molecule has 0 aliphatic carbocycles. The van der Waals surface area contributed by atoms with E-state index in [1.807, 2.05) is 30.3 Å². The summed E-state index contributed by atoms with van der Waals surface area (Å²) < 4.78 is 4.76. The molecule has 0 saturated heterocycles. The number of hydrogen-bond acceptors (Lipinski definition) is 3. The van der Waals surface area contributed by atoms with Crippen LogP contribution in [0, 0.1) is 0 Å². The van der Waals surface area contributed by atoms with Crippen molar-refractivity contribution in [2.45, 2.75) is 6.42 Å². The number of hydrogen-bond donors (Lipinski definition) is 1. The Kier molecular flexibility index (Phi) is 2.41. The largest absolute Gasteiger partial charge is 0.366 e. The van der Waals surface area contributed by atoms with Crippen LogP contribution in [0.25, 0.3) is 0 Å². The van der Waals surface area contributed by atoms with Gasteiger partial charge in [0.05, 0.1) is 0 Å². The maximum Gasteiger partial charge on any atom is 0.241 e. The first-order valence-corrected chi connectivity index (χ1v) is 4.58. The molecule has 1 aromatic carbocycles. The fourth-order valence-electron chi connectivity index (χ4n) is 1.23. The molecule has 0 saturated carbocycles. The van der Waals surface area contributed by atoms with Gasteiger partial charge in [0.2, 0.25) is 5.88 Å². The molecule has 1 aromatic heterocycles. The SMILES string of the molecule is Nc1onc(Cc2ccccc2)c1Cl. The predicted octanol–water partition coefficient (Wildman–Crippen LogP) is 2.50. The van der Waals surface area contributed by atoms with Crippen LogP contribution >= 0.6 is 11.6 Å². The molecule has 0 aliphatic rings. The van der Waals surface area contributed by atoms with Crippen LogP contribution in [0.15, 0.2) is 34.9 Å². The molecule has 2 rings (SSSR count). The van der Waals surface area contributed by atoms with Crippen LogP contribution < -0.4 is 5.73 Å². The number of rotatable bonds is 2. The average molecular weight is 209 g/mol. The maximum atomic E-state index is 5.88. The first-order chi connectivity index (χ1) is 6.77. The summed E-state index contributed by atoms with van der Waals surface area (Å²) in [7, 11) is 0. The average Bonchev–Trinajstić information content (AvgIpc) is 2.52. The van der Waals surface area contributed by atoms with Crippen LogP contribution in [0.2, 0.25) is 5.02 Å². The van der Waals surface area contributed by atoms with Crippen molar-refractivity contribution in [3.63, 3.8) is 0 Å². The van der Waals surface area contributed by atoms with E-state index in [9.17, 15) is 0 Å². The van der Waals surface area contributed by atoms with Crippen molar-refractivity contribution in [1.82, 2.24) is 5.16 Å². The van der Waals surface area contributed by atoms with Crippen LogP contribution in [0.5, 0.6) is 0 Å². The highest BCUT2D eigenvalue weighted by Gasteiger charge is 2.10. The van der Waals surface area contributed by atoms with Crippen LogP contribution in [-0.2, 0) is 6.42 Å². The summed E-state index contributed by atoms with van der Waals surface area (Å²) in [4.78, 5) is 0. The molecule has 4 heteroatoms. The molecule has 0 radical (unpaired) electrons. The zero-order valence-electron chi connectivity index (χ0n) is 7.40. The number of benzene rings is 1. The van der Waals surface area contributed by atoms with E-state index in [1.54, 1.807) is 0 Å². The molecular formula is C10H9ClN2O. The van der Waals surface area contributed by atoms with E-state index in [-0.39, 0.29) is 5.88 Å². The third-order valence-corrected chi connectivity index (χ3v) is 2.34. The summed E-state index contributed by atoms with van der Waals surface area (Å²) in [6.07, 6.45) is 0.639. The summed E-state index contributed by atoms with van der Waals surface area (Å²) in [6, 6.07) is 9.89. The van der Waals surface area contributed by atoms with Gasteiger partial charge in [-0.05, 0) is 5.56 Å². The lowest BCUT2D eigenvalue weighted by Crippen LogP contribution is -1.88. The van der Waals surface area contributed by atoms with Gasteiger partial charge < -0.3 is 10.3 Å². The van der Waals surface area contributed by atoms with Gasteiger partial charge in [0.25, 0.3) is 0 Å². The molecule has 2 N–H and O–H groups in total. The smallest absolute Gasteiger partial charge is 0.241 e. The molecule has 0 amide bonds. The Morgan fingerprint density at radius 3 is 2.57 bits per heavy atom. The quantitative estimate of drug-likeness (QED) is 0.825. The van der Waals surface area contributed by atoms with Crippen molar-refractivity contribution in [2.75, 3.05) is 5.73 Å². The van der Waals surface area contributed by atoms with Crippen LogP contribution in [0.4, 0.5) is 5.88 Å². The van der Waals surface area contributed by atoms with Crippen LogP contribution in [0.1, 0.15) is 11.3 Å². The zero-order valence-corrected chi connectivity index (χ0v) is 8.16. The second-order valence-corrected chi connectivity index (χ2v) is 3.35. The number of anilines is 1. The number of halogens is 1. The van der Waals surface area contributed by atoms with E-state index in [0.717, 1.165) is 5.56 Å². The third kappa shape index (κ3) is 1.72. The van der Waals surface area contributed by atoms with E-state index in [0.29, 0.717) is 17.1 Å². The Hall–Kier alpha value is -1.48. The van der Waals surface area contributed by atoms with Gasteiger partial charge in [0, 0.05) is 6.42 Å². The minimum atomic E-state index is 0.178. The standard InChI is InChI=1S/C10H9ClN2O/c11-9-8(13-14-10(9)12)6-7-4-2-1-3-5-7/h1-5H,6,12H2. The lowest BCUT2D eigenvalue weighted by atomic mass is 10.1. The van der Waals surface area contributed by atoms with Crippen molar-refractivity contribution in [1.29, 1.82) is 0 Å². The van der Waals surface area contributed by atoms with Gasteiger partial charge >= 0.3 is 0 Å². The van der Waals surface area contributed by atoms with Crippen molar-refractivity contribution in [3.8, 4) is 0 Å². The molecule has 0 aliphatic heterocycles. The summed E-state index contributed by atoms with van der Waals surface area (Å²) in [6.45, 7) is 0. The molecule has 0 atom stereocenters. The highest BCUT2D eigenvalue weighted by molar-refractivity contribution is 6.33. The maximum absolute atomic E-state index is 5.88. The Balaban J connectivity index is 2.23. The highest BCUT2D eigenvalue weighted by Crippen LogP contribution is 2.24. The number of aromatic nitrogens is 1. The molecule has 0 spiro atoms. The van der Waals surface area contributed by atoms with Gasteiger partial charge in [-0.2, -0.15) is 0 Å². The normalized spacial score (nSPS) is 10.4. The number of nitrogen functional groups attached to an aromatic ring is 1. The van der Waals surface area contributed by atoms with Gasteiger partial charge in [0.15, 0.2) is 0 Å². The minimum Gasteiger partial charge on any atom is -0.366 e. The fraction of sp³-hybridized carbons (Fsp3) is 0.100. The molecule has 14 heavy (non-hydrogen) atoms. The van der Waals surface area contributed by atoms with Gasteiger partial charge in [0.1, 0.15) is 10.7 Å². The Morgan fingerprint density at radius 2 is 2.00 bits per heavy atom. The van der Waals surface area contributed by atoms with E-state index in [1.165, 1.54) is 0 Å². The molecule has 1 heterocycles. The second kappa shape index (κ2) is 3.72. The molecule has 2 aromatic rings. The van der Waals surface area contributed by atoms with Crippen molar-refractivity contribution in [3.05, 3.63) is 46.6 Å². The summed E-state index contributed by atoms with van der Waals surface area (Å²) >= 11 is 5.88. The van der Waals surface area contributed by atoms with Crippen molar-refractivity contribution >= 4 is 17.5 Å². The van der Waals surface area contributed by atoms with E-state index >= 15 is 0 Å². The Morgan fingerprint density at radius 1 is 1.29 bits per heavy atom. The predicted molar refractivity (Wildman–Crippen MR) is 55.2 cm³/mol. The van der Waals surface area contributed by atoms with Crippen molar-refractivity contribution in [2.24, 2.45) is 0 Å². The first-order valence-electron chi connectivity index (χ1n) is 4.21. The van der Waals surface area contributed by atoms with E-state index in [4.69, 9.17) is 21.9 Å². The molecular weight excluding hydrogens is 200 g/mol. The topological polar surface area (TPSA) is 52.0 Å². The minimum absolute atomic E-state index is 0.178. The molecule has 0 unspecified atom stereocenters. The summed E-state index contributed by atoms with van der Waals surface area (Å²) in [5.74, 6) is 0.178. The molecule has 72 valence electrons. The van der Waals surface area contributed by atoms with Gasteiger partial charge in [-0.15, -0.1) is 0 Å². The molecule has 0 bridgehead atoms. The number of nitrogens with zero attached hydrogens (tertiary/aromatic N) is 1. The second-order valence-electron chi connectivity index (χ2n) is 2.97. The van der Waals surface area contributed by atoms with Crippen LogP contribution in [-0.4, -0.2) is 5.16 Å². The van der Waals surface area contributed by atoms with Gasteiger partial charge in [-0.1, -0.05) is 47.1 Å². The summed E-state index contributed by atoms with van der Waals surface area (Å²) in [5, 5.41) is 4.19. The van der Waals surface area contributed by atoms with E-state index < -0.39 is 0 Å². The Bertz CT molecular complexity index is 425. The lowest BCUT2D eigenvalue weighted by molar-refractivity contribution is 0.429. The van der Waals surface area contributed by atoms with Crippen molar-refractivity contribution < 1.29 is 4.52 Å². The fourth-order valence-corrected chi connectivity index (χ4v) is 1.36. The summed E-state index contributed by atoms with van der Waals surface area (Å²) in [5.41, 5.74) is 7.24. The highest BCUT2D eigenvalue weighted by atomic mass is 35.5. The molecule has 0 fully saturated rings.